The van der Waals surface area contributed by atoms with Crippen molar-refractivity contribution >= 4 is 5.57 Å². The summed E-state index contributed by atoms with van der Waals surface area (Å²) in [5.74, 6) is 0.947. The average molecular weight is 206 g/mol. The van der Waals surface area contributed by atoms with Crippen molar-refractivity contribution in [2.24, 2.45) is 0 Å². The molecule has 0 aliphatic heterocycles. The number of benzene rings is 1. The van der Waals surface area contributed by atoms with Crippen molar-refractivity contribution in [1.82, 2.24) is 0 Å². The summed E-state index contributed by atoms with van der Waals surface area (Å²) in [4.78, 5) is 0. The minimum Gasteiger partial charge on any atom is -0.507 e. The summed E-state index contributed by atoms with van der Waals surface area (Å²) in [6, 6.07) is 5.33. The highest BCUT2D eigenvalue weighted by molar-refractivity contribution is 5.67. The molecule has 1 aromatic rings. The largest absolute Gasteiger partial charge is 0.507 e. The van der Waals surface area contributed by atoms with Crippen LogP contribution in [0.1, 0.15) is 32.3 Å². The SMILES string of the molecule is C=C(C)c1ccc(OCCCC)cc1O. The molecule has 0 saturated carbocycles. The Kier molecular flexibility index (Phi) is 4.22. The zero-order valence-electron chi connectivity index (χ0n) is 9.42. The molecule has 0 aromatic heterocycles. The maximum Gasteiger partial charge on any atom is 0.126 e. The molecule has 1 rings (SSSR count). The van der Waals surface area contributed by atoms with E-state index in [4.69, 9.17) is 4.74 Å². The van der Waals surface area contributed by atoms with Crippen LogP contribution in [0.4, 0.5) is 0 Å². The Labute approximate surface area is 91.2 Å². The van der Waals surface area contributed by atoms with Crippen molar-refractivity contribution < 1.29 is 9.84 Å². The van der Waals surface area contributed by atoms with Crippen molar-refractivity contribution in [1.29, 1.82) is 0 Å². The second-order valence-electron chi connectivity index (χ2n) is 3.66. The van der Waals surface area contributed by atoms with Crippen molar-refractivity contribution in [3.8, 4) is 11.5 Å². The van der Waals surface area contributed by atoms with Crippen molar-refractivity contribution in [3.63, 3.8) is 0 Å². The quantitative estimate of drug-likeness (QED) is 0.746. The zero-order chi connectivity index (χ0) is 11.3. The van der Waals surface area contributed by atoms with Crippen LogP contribution < -0.4 is 4.74 Å². The molecule has 2 heteroatoms. The van der Waals surface area contributed by atoms with Crippen LogP contribution in [-0.2, 0) is 0 Å². The Hall–Kier alpha value is -1.44. The molecule has 0 aliphatic rings. The van der Waals surface area contributed by atoms with Gasteiger partial charge in [0.2, 0.25) is 0 Å². The van der Waals surface area contributed by atoms with E-state index < -0.39 is 0 Å². The summed E-state index contributed by atoms with van der Waals surface area (Å²) in [6.45, 7) is 8.47. The minimum absolute atomic E-state index is 0.233. The van der Waals surface area contributed by atoms with Crippen molar-refractivity contribution in [3.05, 3.63) is 30.3 Å². The third-order valence-corrected chi connectivity index (χ3v) is 2.20. The van der Waals surface area contributed by atoms with E-state index >= 15 is 0 Å². The summed E-state index contributed by atoms with van der Waals surface area (Å²) in [7, 11) is 0. The Balaban J connectivity index is 2.69. The molecule has 0 amide bonds. The van der Waals surface area contributed by atoms with Gasteiger partial charge in [0.15, 0.2) is 0 Å². The fourth-order valence-electron chi connectivity index (χ4n) is 1.30. The van der Waals surface area contributed by atoms with Crippen LogP contribution in [0, 0.1) is 0 Å². The number of phenolic OH excluding ortho intramolecular Hbond substituents is 1. The number of hydrogen-bond acceptors (Lipinski definition) is 2. The van der Waals surface area contributed by atoms with Crippen LogP contribution in [0.5, 0.6) is 11.5 Å². The van der Waals surface area contributed by atoms with Gasteiger partial charge in [-0.1, -0.05) is 19.9 Å². The third kappa shape index (κ3) is 3.31. The molecule has 1 N–H and O–H groups in total. The number of hydrogen-bond donors (Lipinski definition) is 1. The maximum absolute atomic E-state index is 9.68. The van der Waals surface area contributed by atoms with Gasteiger partial charge in [-0.25, -0.2) is 0 Å². The van der Waals surface area contributed by atoms with Gasteiger partial charge < -0.3 is 9.84 Å². The van der Waals surface area contributed by atoms with E-state index in [0.29, 0.717) is 12.4 Å². The number of aromatic hydroxyl groups is 1. The molecule has 0 aliphatic carbocycles. The molecule has 0 unspecified atom stereocenters. The molecular weight excluding hydrogens is 188 g/mol. The molecule has 0 radical (unpaired) electrons. The van der Waals surface area contributed by atoms with Gasteiger partial charge in [-0.05, 0) is 31.1 Å². The second-order valence-corrected chi connectivity index (χ2v) is 3.66. The molecule has 0 fully saturated rings. The molecule has 0 saturated heterocycles. The predicted octanol–water partition coefficient (Wildman–Crippen LogP) is 3.60. The van der Waals surface area contributed by atoms with Gasteiger partial charge in [0.25, 0.3) is 0 Å². The second kappa shape index (κ2) is 5.44. The molecule has 0 heterocycles. The first-order valence-electron chi connectivity index (χ1n) is 5.27. The maximum atomic E-state index is 9.68. The van der Waals surface area contributed by atoms with E-state index in [1.165, 1.54) is 0 Å². The Bertz CT molecular complexity index is 342. The van der Waals surface area contributed by atoms with E-state index in [2.05, 4.69) is 13.5 Å². The summed E-state index contributed by atoms with van der Waals surface area (Å²) in [5.41, 5.74) is 1.63. The van der Waals surface area contributed by atoms with Gasteiger partial charge in [0.05, 0.1) is 6.61 Å². The zero-order valence-corrected chi connectivity index (χ0v) is 9.42. The van der Waals surface area contributed by atoms with E-state index in [1.54, 1.807) is 6.07 Å². The van der Waals surface area contributed by atoms with Gasteiger partial charge >= 0.3 is 0 Å². The normalized spacial score (nSPS) is 10.0. The number of phenols is 1. The first-order chi connectivity index (χ1) is 7.15. The molecule has 0 spiro atoms. The fraction of sp³-hybridized carbons (Fsp3) is 0.385. The van der Waals surface area contributed by atoms with Gasteiger partial charge in [-0.3, -0.25) is 0 Å². The van der Waals surface area contributed by atoms with Gasteiger partial charge in [0, 0.05) is 11.6 Å². The fourth-order valence-corrected chi connectivity index (χ4v) is 1.30. The van der Waals surface area contributed by atoms with Gasteiger partial charge in [-0.15, -0.1) is 0 Å². The van der Waals surface area contributed by atoms with Crippen molar-refractivity contribution in [2.45, 2.75) is 26.7 Å². The van der Waals surface area contributed by atoms with Crippen LogP contribution >= 0.6 is 0 Å². The topological polar surface area (TPSA) is 29.5 Å². The average Bonchev–Trinajstić information content (AvgIpc) is 2.17. The molecule has 1 aromatic carbocycles. The molecular formula is C13H18O2. The van der Waals surface area contributed by atoms with E-state index in [9.17, 15) is 5.11 Å². The first-order valence-corrected chi connectivity index (χ1v) is 5.27. The summed E-state index contributed by atoms with van der Waals surface area (Å²) in [6.07, 6.45) is 2.14. The molecule has 0 atom stereocenters. The smallest absolute Gasteiger partial charge is 0.126 e. The lowest BCUT2D eigenvalue weighted by Gasteiger charge is -2.08. The van der Waals surface area contributed by atoms with E-state index in [0.717, 1.165) is 24.0 Å². The number of rotatable bonds is 5. The third-order valence-electron chi connectivity index (χ3n) is 2.20. The van der Waals surface area contributed by atoms with E-state index in [-0.39, 0.29) is 5.75 Å². The standard InChI is InChI=1S/C13H18O2/c1-4-5-8-15-11-6-7-12(10(2)3)13(14)9-11/h6-7,9,14H,2,4-5,8H2,1,3H3. The van der Waals surface area contributed by atoms with Crippen LogP contribution in [0.3, 0.4) is 0 Å². The van der Waals surface area contributed by atoms with E-state index in [1.807, 2.05) is 19.1 Å². The highest BCUT2D eigenvalue weighted by Crippen LogP contribution is 2.28. The first kappa shape index (κ1) is 11.6. The van der Waals surface area contributed by atoms with Gasteiger partial charge in [-0.2, -0.15) is 0 Å². The number of allylic oxidation sites excluding steroid dienone is 1. The van der Waals surface area contributed by atoms with Crippen LogP contribution in [0.2, 0.25) is 0 Å². The lowest BCUT2D eigenvalue weighted by Crippen LogP contribution is -1.96. The predicted molar refractivity (Wildman–Crippen MR) is 63.2 cm³/mol. The summed E-state index contributed by atoms with van der Waals surface area (Å²) < 4.78 is 5.47. The Morgan fingerprint density at radius 1 is 1.47 bits per heavy atom. The highest BCUT2D eigenvalue weighted by atomic mass is 16.5. The lowest BCUT2D eigenvalue weighted by molar-refractivity contribution is 0.307. The Morgan fingerprint density at radius 3 is 2.73 bits per heavy atom. The van der Waals surface area contributed by atoms with Gasteiger partial charge in [0.1, 0.15) is 11.5 Å². The number of ether oxygens (including phenoxy) is 1. The molecule has 82 valence electrons. The van der Waals surface area contributed by atoms with Crippen LogP contribution in [0.15, 0.2) is 24.8 Å². The summed E-state index contributed by atoms with van der Waals surface area (Å²) in [5, 5.41) is 9.68. The number of unbranched alkanes of at least 4 members (excludes halogenated alkanes) is 1. The van der Waals surface area contributed by atoms with Crippen molar-refractivity contribution in [2.75, 3.05) is 6.61 Å². The lowest BCUT2D eigenvalue weighted by atomic mass is 10.1. The van der Waals surface area contributed by atoms with Crippen LogP contribution in [0.25, 0.3) is 5.57 Å². The summed E-state index contributed by atoms with van der Waals surface area (Å²) >= 11 is 0. The molecule has 15 heavy (non-hydrogen) atoms. The Morgan fingerprint density at radius 2 is 2.20 bits per heavy atom. The monoisotopic (exact) mass is 206 g/mol. The highest BCUT2D eigenvalue weighted by Gasteiger charge is 2.03. The molecule has 2 nitrogen and oxygen atoms in total. The molecule has 0 bridgehead atoms. The van der Waals surface area contributed by atoms with Crippen LogP contribution in [-0.4, -0.2) is 11.7 Å². The minimum atomic E-state index is 0.233.